The van der Waals surface area contributed by atoms with Crippen LogP contribution in [0.4, 0.5) is 0 Å². The summed E-state index contributed by atoms with van der Waals surface area (Å²) >= 11 is 11.4. The van der Waals surface area contributed by atoms with Gasteiger partial charge in [0.05, 0.1) is 5.02 Å². The fourth-order valence-electron chi connectivity index (χ4n) is 0.925. The lowest BCUT2D eigenvalue weighted by Crippen LogP contribution is -2.22. The monoisotopic (exact) mass is 204 g/mol. The summed E-state index contributed by atoms with van der Waals surface area (Å²) in [5.74, 6) is 0. The molecule has 4 nitrogen and oxygen atoms in total. The Hall–Kier alpha value is -1.000. The first kappa shape index (κ1) is 7.64. The van der Waals surface area contributed by atoms with Crippen molar-refractivity contribution in [2.45, 2.75) is 0 Å². The van der Waals surface area contributed by atoms with Gasteiger partial charge in [-0.2, -0.15) is 0 Å². The molecule has 0 aliphatic heterocycles. The molecule has 0 aliphatic carbocycles. The van der Waals surface area contributed by atoms with Gasteiger partial charge in [-0.25, -0.2) is 0 Å². The third kappa shape index (κ3) is 1.00. The van der Waals surface area contributed by atoms with Crippen LogP contribution in [0, 0.1) is 5.21 Å². The molecule has 0 amide bonds. The molecular formula is C6H2Cl2N2O2. The maximum atomic E-state index is 10.9. The first-order valence-corrected chi connectivity index (χ1v) is 3.78. The van der Waals surface area contributed by atoms with E-state index in [0.717, 1.165) is 0 Å². The molecule has 0 radical (unpaired) electrons. The van der Waals surface area contributed by atoms with E-state index >= 15 is 0 Å². The summed E-state index contributed by atoms with van der Waals surface area (Å²) in [6, 6.07) is 2.96. The van der Waals surface area contributed by atoms with Crippen molar-refractivity contribution in [3.63, 3.8) is 0 Å². The fraction of sp³-hybridized carbons (Fsp3) is 0. The van der Waals surface area contributed by atoms with Gasteiger partial charge in [0.1, 0.15) is 0 Å². The van der Waals surface area contributed by atoms with E-state index in [1.807, 2.05) is 0 Å². The Morgan fingerprint density at radius 2 is 2.17 bits per heavy atom. The Bertz CT molecular complexity index is 440. The van der Waals surface area contributed by atoms with E-state index in [9.17, 15) is 5.21 Å². The van der Waals surface area contributed by atoms with Crippen LogP contribution in [0.5, 0.6) is 0 Å². The van der Waals surface area contributed by atoms with E-state index in [0.29, 0.717) is 10.5 Å². The summed E-state index contributed by atoms with van der Waals surface area (Å²) in [6.45, 7) is 0. The summed E-state index contributed by atoms with van der Waals surface area (Å²) in [5.41, 5.74) is 0.545. The van der Waals surface area contributed by atoms with Crippen molar-refractivity contribution < 1.29 is 9.53 Å². The molecule has 2 aromatic rings. The third-order valence-electron chi connectivity index (χ3n) is 1.40. The van der Waals surface area contributed by atoms with Crippen molar-refractivity contribution in [2.75, 3.05) is 0 Å². The van der Waals surface area contributed by atoms with Gasteiger partial charge in [-0.15, -0.1) is 0 Å². The number of nitrogens with zero attached hydrogens (tertiary/aromatic N) is 2. The SMILES string of the molecule is [O-][n+]1onc2cc(Cl)cc(Cl)c21. The van der Waals surface area contributed by atoms with Gasteiger partial charge in [0.15, 0.2) is 0 Å². The van der Waals surface area contributed by atoms with Gasteiger partial charge < -0.3 is 5.21 Å². The standard InChI is InChI=1S/C6H2Cl2N2O2/c7-3-1-4(8)6-5(2-3)9-12-10(6)11/h1-2H. The second-order valence-electron chi connectivity index (χ2n) is 2.19. The van der Waals surface area contributed by atoms with Crippen LogP contribution in [0.2, 0.25) is 10.0 Å². The van der Waals surface area contributed by atoms with Crippen LogP contribution in [0.15, 0.2) is 16.8 Å². The van der Waals surface area contributed by atoms with Gasteiger partial charge in [-0.3, -0.25) is 4.63 Å². The largest absolute Gasteiger partial charge is 0.359 e. The summed E-state index contributed by atoms with van der Waals surface area (Å²) < 4.78 is 4.32. The Kier molecular flexibility index (Phi) is 1.59. The maximum absolute atomic E-state index is 10.9. The summed E-state index contributed by atoms with van der Waals surface area (Å²) in [5, 5.41) is 15.0. The predicted molar refractivity (Wildman–Crippen MR) is 43.0 cm³/mol. The molecule has 62 valence electrons. The van der Waals surface area contributed by atoms with Crippen molar-refractivity contribution >= 4 is 34.2 Å². The lowest BCUT2D eigenvalue weighted by molar-refractivity contribution is -0.782. The molecule has 0 saturated heterocycles. The quantitative estimate of drug-likeness (QED) is 0.615. The van der Waals surface area contributed by atoms with Crippen LogP contribution in [-0.2, 0) is 0 Å². The van der Waals surface area contributed by atoms with Gasteiger partial charge in [0.2, 0.25) is 5.52 Å². The zero-order chi connectivity index (χ0) is 8.72. The zero-order valence-corrected chi connectivity index (χ0v) is 7.13. The maximum Gasteiger partial charge on any atom is 0.251 e. The molecule has 2 rings (SSSR count). The van der Waals surface area contributed by atoms with E-state index in [-0.39, 0.29) is 15.4 Å². The number of halogens is 2. The minimum Gasteiger partial charge on any atom is -0.359 e. The number of benzene rings is 1. The van der Waals surface area contributed by atoms with Crippen LogP contribution < -0.4 is 4.90 Å². The molecule has 1 aromatic carbocycles. The predicted octanol–water partition coefficient (Wildman–Crippen LogP) is 1.77. The number of hydrogen-bond acceptors (Lipinski definition) is 3. The van der Waals surface area contributed by atoms with Gasteiger partial charge in [-0.05, 0) is 11.0 Å². The summed E-state index contributed by atoms with van der Waals surface area (Å²) in [7, 11) is 0. The van der Waals surface area contributed by atoms with E-state index in [4.69, 9.17) is 23.2 Å². The average Bonchev–Trinajstić information content (AvgIpc) is 2.31. The molecule has 0 N–H and O–H groups in total. The van der Waals surface area contributed by atoms with E-state index in [2.05, 4.69) is 9.79 Å². The minimum absolute atomic E-state index is 0.195. The van der Waals surface area contributed by atoms with Crippen molar-refractivity contribution in [1.82, 2.24) is 5.16 Å². The Labute approximate surface area is 76.8 Å². The fourth-order valence-corrected chi connectivity index (χ4v) is 1.48. The molecule has 0 spiro atoms. The molecule has 6 heteroatoms. The highest BCUT2D eigenvalue weighted by Gasteiger charge is 2.14. The Morgan fingerprint density at radius 1 is 1.42 bits per heavy atom. The molecule has 0 unspecified atom stereocenters. The smallest absolute Gasteiger partial charge is 0.251 e. The average molecular weight is 205 g/mol. The number of rotatable bonds is 0. The second kappa shape index (κ2) is 2.50. The zero-order valence-electron chi connectivity index (χ0n) is 5.62. The van der Waals surface area contributed by atoms with Gasteiger partial charge in [0, 0.05) is 16.2 Å². The van der Waals surface area contributed by atoms with Crippen LogP contribution in [0.25, 0.3) is 11.0 Å². The van der Waals surface area contributed by atoms with Crippen LogP contribution in [0.1, 0.15) is 0 Å². The van der Waals surface area contributed by atoms with Crippen molar-refractivity contribution in [3.8, 4) is 0 Å². The van der Waals surface area contributed by atoms with E-state index in [1.165, 1.54) is 12.1 Å². The van der Waals surface area contributed by atoms with Crippen molar-refractivity contribution in [3.05, 3.63) is 27.4 Å². The molecular weight excluding hydrogens is 203 g/mol. The minimum atomic E-state index is 0.195. The molecule has 1 heterocycles. The van der Waals surface area contributed by atoms with E-state index in [1.54, 1.807) is 0 Å². The molecule has 12 heavy (non-hydrogen) atoms. The molecule has 0 bridgehead atoms. The highest BCUT2D eigenvalue weighted by Crippen LogP contribution is 2.23. The number of aromatic nitrogens is 2. The molecule has 0 fully saturated rings. The highest BCUT2D eigenvalue weighted by molar-refractivity contribution is 6.37. The van der Waals surface area contributed by atoms with Crippen molar-refractivity contribution in [1.29, 1.82) is 0 Å². The van der Waals surface area contributed by atoms with Gasteiger partial charge in [0.25, 0.3) is 5.52 Å². The molecule has 0 saturated carbocycles. The molecule has 1 aromatic heterocycles. The second-order valence-corrected chi connectivity index (χ2v) is 3.03. The van der Waals surface area contributed by atoms with Crippen LogP contribution >= 0.6 is 23.2 Å². The Balaban J connectivity index is 2.93. The van der Waals surface area contributed by atoms with Crippen molar-refractivity contribution in [2.24, 2.45) is 0 Å². The Morgan fingerprint density at radius 3 is 2.92 bits per heavy atom. The van der Waals surface area contributed by atoms with Gasteiger partial charge >= 0.3 is 0 Å². The lowest BCUT2D eigenvalue weighted by Gasteiger charge is -1.90. The molecule has 0 aliphatic rings. The normalized spacial score (nSPS) is 10.8. The number of fused-ring (bicyclic) bond motifs is 1. The van der Waals surface area contributed by atoms with Gasteiger partial charge in [-0.1, -0.05) is 23.2 Å². The number of hydrogen-bond donors (Lipinski definition) is 0. The van der Waals surface area contributed by atoms with E-state index < -0.39 is 0 Å². The first-order chi connectivity index (χ1) is 5.68. The van der Waals surface area contributed by atoms with Crippen LogP contribution in [-0.4, -0.2) is 5.16 Å². The molecule has 0 atom stereocenters. The first-order valence-electron chi connectivity index (χ1n) is 3.03. The highest BCUT2D eigenvalue weighted by atomic mass is 35.5. The lowest BCUT2D eigenvalue weighted by atomic mass is 10.3. The summed E-state index contributed by atoms with van der Waals surface area (Å²) in [6.07, 6.45) is 0. The van der Waals surface area contributed by atoms with Crippen LogP contribution in [0.3, 0.4) is 0 Å². The summed E-state index contributed by atoms with van der Waals surface area (Å²) in [4.78, 5) is 0.244. The third-order valence-corrected chi connectivity index (χ3v) is 1.91. The topological polar surface area (TPSA) is 53.0 Å².